The molecule has 0 saturated heterocycles. The number of halogens is 1. The molecule has 1 aromatic rings. The molecule has 2 atom stereocenters. The minimum absolute atomic E-state index is 0.0211. The number of aliphatic hydroxyl groups excluding tert-OH is 1. The molecule has 0 amide bonds. The highest BCUT2D eigenvalue weighted by molar-refractivity contribution is 5.21. The molecule has 0 fully saturated rings. The topological polar surface area (TPSA) is 49.5 Å². The number of aliphatic hydroxyl groups is 1. The summed E-state index contributed by atoms with van der Waals surface area (Å²) in [5.74, 6) is -0.243. The standard InChI is InChI=1S/C14H23FN2O/c1-3-13(16)14(17(4-2)9-10-18)11-5-7-12(15)8-6-11/h5-8,13-14,18H,3-4,9-10,16H2,1-2H3. The molecule has 0 aliphatic carbocycles. The highest BCUT2D eigenvalue weighted by atomic mass is 19.1. The molecule has 102 valence electrons. The van der Waals surface area contributed by atoms with Crippen LogP contribution in [0, 0.1) is 5.82 Å². The Kier molecular flexibility index (Phi) is 6.25. The third kappa shape index (κ3) is 3.77. The monoisotopic (exact) mass is 254 g/mol. The van der Waals surface area contributed by atoms with Crippen molar-refractivity contribution in [1.29, 1.82) is 0 Å². The maximum atomic E-state index is 13.0. The second kappa shape index (κ2) is 7.46. The van der Waals surface area contributed by atoms with Gasteiger partial charge >= 0.3 is 0 Å². The summed E-state index contributed by atoms with van der Waals surface area (Å²) >= 11 is 0. The van der Waals surface area contributed by atoms with Crippen LogP contribution in [-0.4, -0.2) is 35.7 Å². The molecule has 2 unspecified atom stereocenters. The first kappa shape index (κ1) is 15.1. The zero-order valence-electron chi connectivity index (χ0n) is 11.1. The average Bonchev–Trinajstić information content (AvgIpc) is 2.39. The predicted molar refractivity (Wildman–Crippen MR) is 71.7 cm³/mol. The van der Waals surface area contributed by atoms with E-state index in [0.29, 0.717) is 6.54 Å². The summed E-state index contributed by atoms with van der Waals surface area (Å²) in [6, 6.07) is 6.45. The van der Waals surface area contributed by atoms with E-state index in [4.69, 9.17) is 10.8 Å². The molecule has 0 saturated carbocycles. The van der Waals surface area contributed by atoms with Crippen molar-refractivity contribution in [3.05, 3.63) is 35.6 Å². The molecule has 4 heteroatoms. The Morgan fingerprint density at radius 2 is 1.89 bits per heavy atom. The molecule has 0 bridgehead atoms. The van der Waals surface area contributed by atoms with E-state index in [-0.39, 0.29) is 24.5 Å². The first-order valence-electron chi connectivity index (χ1n) is 6.50. The van der Waals surface area contributed by atoms with Crippen molar-refractivity contribution in [2.24, 2.45) is 5.73 Å². The quantitative estimate of drug-likeness (QED) is 0.781. The molecule has 18 heavy (non-hydrogen) atoms. The molecule has 0 aliphatic heterocycles. The molecule has 0 aromatic heterocycles. The maximum Gasteiger partial charge on any atom is 0.123 e. The van der Waals surface area contributed by atoms with E-state index in [1.54, 1.807) is 12.1 Å². The number of nitrogens with two attached hydrogens (primary N) is 1. The van der Waals surface area contributed by atoms with Crippen LogP contribution in [0.3, 0.4) is 0 Å². The van der Waals surface area contributed by atoms with Gasteiger partial charge in [-0.15, -0.1) is 0 Å². The van der Waals surface area contributed by atoms with Crippen LogP contribution in [0.25, 0.3) is 0 Å². The van der Waals surface area contributed by atoms with Crippen LogP contribution in [0.5, 0.6) is 0 Å². The van der Waals surface area contributed by atoms with Crippen LogP contribution in [0.2, 0.25) is 0 Å². The number of hydrogen-bond acceptors (Lipinski definition) is 3. The molecule has 0 heterocycles. The summed E-state index contributed by atoms with van der Waals surface area (Å²) in [5, 5.41) is 9.12. The lowest BCUT2D eigenvalue weighted by molar-refractivity contribution is 0.138. The van der Waals surface area contributed by atoms with E-state index in [2.05, 4.69) is 4.90 Å². The van der Waals surface area contributed by atoms with E-state index in [1.807, 2.05) is 13.8 Å². The summed E-state index contributed by atoms with van der Waals surface area (Å²) in [7, 11) is 0. The Morgan fingerprint density at radius 3 is 2.33 bits per heavy atom. The van der Waals surface area contributed by atoms with Gasteiger partial charge in [0.25, 0.3) is 0 Å². The summed E-state index contributed by atoms with van der Waals surface area (Å²) < 4.78 is 13.0. The summed E-state index contributed by atoms with van der Waals surface area (Å²) in [4.78, 5) is 2.13. The lowest BCUT2D eigenvalue weighted by atomic mass is 9.96. The van der Waals surface area contributed by atoms with Crippen molar-refractivity contribution >= 4 is 0 Å². The average molecular weight is 254 g/mol. The lowest BCUT2D eigenvalue weighted by Gasteiger charge is -2.34. The maximum absolute atomic E-state index is 13.0. The summed E-state index contributed by atoms with van der Waals surface area (Å²) in [5.41, 5.74) is 7.18. The second-order valence-corrected chi connectivity index (χ2v) is 4.42. The second-order valence-electron chi connectivity index (χ2n) is 4.42. The minimum Gasteiger partial charge on any atom is -0.395 e. The highest BCUT2D eigenvalue weighted by Crippen LogP contribution is 2.25. The van der Waals surface area contributed by atoms with E-state index in [9.17, 15) is 4.39 Å². The van der Waals surface area contributed by atoms with Gasteiger partial charge in [0.1, 0.15) is 5.82 Å². The Balaban J connectivity index is 2.99. The van der Waals surface area contributed by atoms with Crippen LogP contribution in [-0.2, 0) is 0 Å². The van der Waals surface area contributed by atoms with Crippen molar-refractivity contribution in [3.8, 4) is 0 Å². The van der Waals surface area contributed by atoms with Crippen molar-refractivity contribution in [2.75, 3.05) is 19.7 Å². The first-order valence-corrected chi connectivity index (χ1v) is 6.50. The Labute approximate surface area is 108 Å². The van der Waals surface area contributed by atoms with Gasteiger partial charge in [-0.25, -0.2) is 4.39 Å². The molecule has 3 nitrogen and oxygen atoms in total. The molecule has 1 rings (SSSR count). The number of nitrogens with zero attached hydrogens (tertiary/aromatic N) is 1. The fourth-order valence-corrected chi connectivity index (χ4v) is 2.23. The fourth-order valence-electron chi connectivity index (χ4n) is 2.23. The van der Waals surface area contributed by atoms with Gasteiger partial charge < -0.3 is 10.8 Å². The van der Waals surface area contributed by atoms with Gasteiger partial charge in [0.15, 0.2) is 0 Å². The van der Waals surface area contributed by atoms with Gasteiger partial charge in [0.2, 0.25) is 0 Å². The van der Waals surface area contributed by atoms with E-state index in [0.717, 1.165) is 18.5 Å². The van der Waals surface area contributed by atoms with Crippen molar-refractivity contribution in [1.82, 2.24) is 4.90 Å². The lowest BCUT2D eigenvalue weighted by Crippen LogP contribution is -2.42. The summed E-state index contributed by atoms with van der Waals surface area (Å²) in [6.45, 7) is 5.55. The number of likely N-dealkylation sites (N-methyl/N-ethyl adjacent to an activating group) is 1. The van der Waals surface area contributed by atoms with Crippen molar-refractivity contribution in [2.45, 2.75) is 32.4 Å². The molecule has 0 aliphatic rings. The smallest absolute Gasteiger partial charge is 0.123 e. The van der Waals surface area contributed by atoms with Crippen LogP contribution in [0.15, 0.2) is 24.3 Å². The molecule has 3 N–H and O–H groups in total. The number of hydrogen-bond donors (Lipinski definition) is 2. The Morgan fingerprint density at radius 1 is 1.28 bits per heavy atom. The van der Waals surface area contributed by atoms with Crippen molar-refractivity contribution < 1.29 is 9.50 Å². The normalized spacial score (nSPS) is 14.8. The van der Waals surface area contributed by atoms with Gasteiger partial charge in [0, 0.05) is 18.6 Å². The minimum atomic E-state index is -0.243. The SMILES string of the molecule is CCC(N)C(c1ccc(F)cc1)N(CC)CCO. The Hall–Kier alpha value is -0.970. The van der Waals surface area contributed by atoms with E-state index >= 15 is 0 Å². The van der Waals surface area contributed by atoms with Gasteiger partial charge in [0.05, 0.1) is 6.61 Å². The number of rotatable bonds is 7. The Bertz CT molecular complexity index is 342. The summed E-state index contributed by atoms with van der Waals surface area (Å²) in [6.07, 6.45) is 0.837. The fraction of sp³-hybridized carbons (Fsp3) is 0.571. The van der Waals surface area contributed by atoms with Gasteiger partial charge in [-0.2, -0.15) is 0 Å². The zero-order chi connectivity index (χ0) is 13.5. The van der Waals surface area contributed by atoms with Crippen LogP contribution >= 0.6 is 0 Å². The van der Waals surface area contributed by atoms with Crippen LogP contribution < -0.4 is 5.73 Å². The third-order valence-corrected chi connectivity index (χ3v) is 3.28. The van der Waals surface area contributed by atoms with Crippen molar-refractivity contribution in [3.63, 3.8) is 0 Å². The molecular formula is C14H23FN2O. The zero-order valence-corrected chi connectivity index (χ0v) is 11.1. The van der Waals surface area contributed by atoms with E-state index < -0.39 is 0 Å². The van der Waals surface area contributed by atoms with Gasteiger partial charge in [-0.05, 0) is 30.7 Å². The highest BCUT2D eigenvalue weighted by Gasteiger charge is 2.24. The third-order valence-electron chi connectivity index (χ3n) is 3.28. The van der Waals surface area contributed by atoms with E-state index in [1.165, 1.54) is 12.1 Å². The molecule has 0 spiro atoms. The molecule has 1 aromatic carbocycles. The molecular weight excluding hydrogens is 231 g/mol. The van der Waals surface area contributed by atoms with Crippen LogP contribution in [0.1, 0.15) is 31.9 Å². The largest absolute Gasteiger partial charge is 0.395 e. The first-order chi connectivity index (χ1) is 8.63. The van der Waals surface area contributed by atoms with Crippen LogP contribution in [0.4, 0.5) is 4.39 Å². The van der Waals surface area contributed by atoms with Gasteiger partial charge in [-0.3, -0.25) is 4.90 Å². The van der Waals surface area contributed by atoms with Gasteiger partial charge in [-0.1, -0.05) is 26.0 Å². The predicted octanol–water partition coefficient (Wildman–Crippen LogP) is 1.92. The molecule has 0 radical (unpaired) electrons. The number of benzene rings is 1.